The zero-order valence-corrected chi connectivity index (χ0v) is 27.8. The molecule has 0 spiro atoms. The summed E-state index contributed by atoms with van der Waals surface area (Å²) < 4.78 is 6.89. The first-order chi connectivity index (χ1) is 25.2. The highest BCUT2D eigenvalue weighted by Gasteiger charge is 2.19. The predicted molar refractivity (Wildman–Crippen MR) is 214 cm³/mol. The minimum absolute atomic E-state index is 0.879. The first-order valence-corrected chi connectivity index (χ1v) is 17.4. The van der Waals surface area contributed by atoms with E-state index in [1.54, 1.807) is 0 Å². The fourth-order valence-electron chi connectivity index (χ4n) is 7.44. The normalized spacial score (nSPS) is 11.5. The van der Waals surface area contributed by atoms with E-state index in [1.807, 2.05) is 0 Å². The molecule has 51 heavy (non-hydrogen) atoms. The van der Waals surface area contributed by atoms with E-state index in [0.29, 0.717) is 0 Å². The van der Waals surface area contributed by atoms with Crippen molar-refractivity contribution in [1.82, 2.24) is 4.98 Å². The number of rotatable bonds is 5. The topological polar surface area (TPSA) is 26.0 Å². The summed E-state index contributed by atoms with van der Waals surface area (Å²) in [6.45, 7) is 0. The van der Waals surface area contributed by atoms with Crippen LogP contribution in [-0.4, -0.2) is 4.98 Å². The highest BCUT2D eigenvalue weighted by atomic mass is 16.3. The molecular formula is C49H31NO. The van der Waals surface area contributed by atoms with Gasteiger partial charge in [-0.15, -0.1) is 0 Å². The molecule has 2 heteroatoms. The number of hydrogen-bond acceptors (Lipinski definition) is 2. The van der Waals surface area contributed by atoms with E-state index in [-0.39, 0.29) is 0 Å². The summed E-state index contributed by atoms with van der Waals surface area (Å²) >= 11 is 0. The third-order valence-corrected chi connectivity index (χ3v) is 10.0. The standard InChI is InChI=1S/C49H31NO/c1-3-12-32(13-4-1)37-19-11-20-38(26-37)44-28-41(29-45-43-25-24-35-17-9-10-21-42(35)48(43)51-49(44)45)47-31-40(33-14-5-2-6-15-33)30-46(50-47)39-23-22-34-16-7-8-18-36(34)27-39/h1-31H. The number of fused-ring (bicyclic) bond motifs is 6. The quantitative estimate of drug-likeness (QED) is 0.185. The van der Waals surface area contributed by atoms with Crippen LogP contribution < -0.4 is 0 Å². The van der Waals surface area contributed by atoms with Crippen LogP contribution in [0.15, 0.2) is 192 Å². The lowest BCUT2D eigenvalue weighted by molar-refractivity contribution is 0.674. The van der Waals surface area contributed by atoms with Crippen molar-refractivity contribution in [2.45, 2.75) is 0 Å². The van der Waals surface area contributed by atoms with Gasteiger partial charge in [-0.05, 0) is 86.4 Å². The molecule has 0 aliphatic carbocycles. The molecule has 0 bridgehead atoms. The molecule has 10 rings (SSSR count). The minimum atomic E-state index is 0.879. The molecule has 0 radical (unpaired) electrons. The molecule has 8 aromatic carbocycles. The van der Waals surface area contributed by atoms with Crippen molar-refractivity contribution in [3.05, 3.63) is 188 Å². The largest absolute Gasteiger partial charge is 0.455 e. The molecule has 0 N–H and O–H groups in total. The Morgan fingerprint density at radius 3 is 1.73 bits per heavy atom. The molecule has 0 amide bonds. The number of pyridine rings is 1. The molecule has 0 unspecified atom stereocenters. The van der Waals surface area contributed by atoms with Gasteiger partial charge in [0.15, 0.2) is 0 Å². The van der Waals surface area contributed by atoms with Gasteiger partial charge in [-0.25, -0.2) is 4.98 Å². The molecule has 0 aliphatic rings. The van der Waals surface area contributed by atoms with Gasteiger partial charge in [0, 0.05) is 32.8 Å². The molecule has 0 saturated carbocycles. The monoisotopic (exact) mass is 649 g/mol. The van der Waals surface area contributed by atoms with Crippen LogP contribution in [0.25, 0.3) is 99.4 Å². The van der Waals surface area contributed by atoms with E-state index in [2.05, 4.69) is 188 Å². The van der Waals surface area contributed by atoms with Crippen molar-refractivity contribution in [1.29, 1.82) is 0 Å². The van der Waals surface area contributed by atoms with Crippen molar-refractivity contribution in [3.63, 3.8) is 0 Å². The van der Waals surface area contributed by atoms with Crippen LogP contribution in [0.4, 0.5) is 0 Å². The van der Waals surface area contributed by atoms with Gasteiger partial charge in [0.25, 0.3) is 0 Å². The van der Waals surface area contributed by atoms with Crippen molar-refractivity contribution in [3.8, 4) is 55.9 Å². The molecule has 10 aromatic rings. The first-order valence-electron chi connectivity index (χ1n) is 17.4. The van der Waals surface area contributed by atoms with Crippen molar-refractivity contribution in [2.24, 2.45) is 0 Å². The van der Waals surface area contributed by atoms with E-state index < -0.39 is 0 Å². The van der Waals surface area contributed by atoms with Gasteiger partial charge in [-0.1, -0.05) is 146 Å². The van der Waals surface area contributed by atoms with Gasteiger partial charge >= 0.3 is 0 Å². The first kappa shape index (κ1) is 29.2. The van der Waals surface area contributed by atoms with Crippen LogP contribution in [0, 0.1) is 0 Å². The molecule has 0 atom stereocenters. The Balaban J connectivity index is 1.25. The summed E-state index contributed by atoms with van der Waals surface area (Å²) in [5.41, 5.74) is 12.5. The average Bonchev–Trinajstić information content (AvgIpc) is 3.60. The summed E-state index contributed by atoms with van der Waals surface area (Å²) in [6, 6.07) is 66.8. The second kappa shape index (κ2) is 12.0. The number of hydrogen-bond donors (Lipinski definition) is 0. The van der Waals surface area contributed by atoms with Gasteiger partial charge in [0.2, 0.25) is 0 Å². The van der Waals surface area contributed by atoms with E-state index in [4.69, 9.17) is 9.40 Å². The second-order valence-electron chi connectivity index (χ2n) is 13.2. The maximum atomic E-state index is 6.89. The molecule has 2 heterocycles. The Bertz CT molecular complexity index is 2900. The van der Waals surface area contributed by atoms with Crippen LogP contribution in [0.5, 0.6) is 0 Å². The molecule has 0 aliphatic heterocycles. The van der Waals surface area contributed by atoms with E-state index >= 15 is 0 Å². The maximum Gasteiger partial charge on any atom is 0.143 e. The summed E-state index contributed by atoms with van der Waals surface area (Å²) in [6.07, 6.45) is 0. The van der Waals surface area contributed by atoms with Gasteiger partial charge in [-0.3, -0.25) is 0 Å². The highest BCUT2D eigenvalue weighted by molar-refractivity contribution is 6.18. The second-order valence-corrected chi connectivity index (χ2v) is 13.2. The minimum Gasteiger partial charge on any atom is -0.455 e. The van der Waals surface area contributed by atoms with Gasteiger partial charge < -0.3 is 4.42 Å². The van der Waals surface area contributed by atoms with Crippen molar-refractivity contribution in [2.75, 3.05) is 0 Å². The lowest BCUT2D eigenvalue weighted by Crippen LogP contribution is -1.92. The highest BCUT2D eigenvalue weighted by Crippen LogP contribution is 2.43. The van der Waals surface area contributed by atoms with E-state index in [1.165, 1.54) is 16.3 Å². The Labute approximate surface area is 295 Å². The summed E-state index contributed by atoms with van der Waals surface area (Å²) in [4.78, 5) is 5.40. The number of furan rings is 1. The lowest BCUT2D eigenvalue weighted by atomic mass is 9.93. The van der Waals surface area contributed by atoms with Crippen molar-refractivity contribution >= 4 is 43.5 Å². The zero-order chi connectivity index (χ0) is 33.7. The van der Waals surface area contributed by atoms with Gasteiger partial charge in [0.05, 0.1) is 11.4 Å². The van der Waals surface area contributed by atoms with E-state index in [9.17, 15) is 0 Å². The fourth-order valence-corrected chi connectivity index (χ4v) is 7.44. The van der Waals surface area contributed by atoms with Gasteiger partial charge in [-0.2, -0.15) is 0 Å². The maximum absolute atomic E-state index is 6.89. The summed E-state index contributed by atoms with van der Waals surface area (Å²) in [5.74, 6) is 0. The smallest absolute Gasteiger partial charge is 0.143 e. The Morgan fingerprint density at radius 2 is 0.922 bits per heavy atom. The number of benzene rings is 8. The fraction of sp³-hybridized carbons (Fsp3) is 0. The van der Waals surface area contributed by atoms with Crippen LogP contribution in [0.3, 0.4) is 0 Å². The van der Waals surface area contributed by atoms with E-state index in [0.717, 1.165) is 83.0 Å². The van der Waals surface area contributed by atoms with Crippen molar-refractivity contribution < 1.29 is 4.42 Å². The summed E-state index contributed by atoms with van der Waals surface area (Å²) in [5, 5.41) is 6.86. The lowest BCUT2D eigenvalue weighted by Gasteiger charge is -2.13. The molecule has 238 valence electrons. The van der Waals surface area contributed by atoms with Crippen LogP contribution >= 0.6 is 0 Å². The van der Waals surface area contributed by atoms with Crippen LogP contribution in [-0.2, 0) is 0 Å². The zero-order valence-electron chi connectivity index (χ0n) is 27.8. The molecule has 2 aromatic heterocycles. The molecular weight excluding hydrogens is 619 g/mol. The number of nitrogens with zero attached hydrogens (tertiary/aromatic N) is 1. The van der Waals surface area contributed by atoms with Crippen LogP contribution in [0.2, 0.25) is 0 Å². The molecule has 0 fully saturated rings. The Kier molecular flexibility index (Phi) is 6.85. The SMILES string of the molecule is c1ccc(-c2cccc(-c3cc(-c4cc(-c5ccccc5)cc(-c5ccc6ccccc6c5)n4)cc4c3oc3c5ccccc5ccc43)c2)cc1. The predicted octanol–water partition coefficient (Wildman–Crippen LogP) is 13.6. The van der Waals surface area contributed by atoms with Crippen LogP contribution in [0.1, 0.15) is 0 Å². The third kappa shape index (κ3) is 5.17. The third-order valence-electron chi connectivity index (χ3n) is 10.0. The molecule has 0 saturated heterocycles. The van der Waals surface area contributed by atoms with Gasteiger partial charge in [0.1, 0.15) is 11.2 Å². The Hall–Kier alpha value is -6.77. The number of aromatic nitrogens is 1. The average molecular weight is 650 g/mol. The molecule has 2 nitrogen and oxygen atoms in total. The summed E-state index contributed by atoms with van der Waals surface area (Å²) in [7, 11) is 0. The Morgan fingerprint density at radius 1 is 0.294 bits per heavy atom.